The lowest BCUT2D eigenvalue weighted by molar-refractivity contribution is -0.118. The van der Waals surface area contributed by atoms with Crippen LogP contribution in [0.25, 0.3) is 5.57 Å². The number of anilines is 2. The van der Waals surface area contributed by atoms with E-state index in [0.29, 0.717) is 26.9 Å². The summed E-state index contributed by atoms with van der Waals surface area (Å²) in [5, 5.41) is 2.81. The standard InChI is InChI=1S/C19H12BrClN4O3S/c20-9-1-6-13-12(7-9)15(16-17(22)24-19(28)29-16)18(27)25(13)8-14(26)23-11-4-2-10(21)3-5-11/h1-7H,8H2,(H,23,26)(H2,22,24,28)/b16-15+. The molecule has 2 aromatic rings. The van der Waals surface area contributed by atoms with Gasteiger partial charge < -0.3 is 11.1 Å². The summed E-state index contributed by atoms with van der Waals surface area (Å²) in [7, 11) is 0. The minimum absolute atomic E-state index is 0.00161. The van der Waals surface area contributed by atoms with Crippen molar-refractivity contribution in [2.45, 2.75) is 0 Å². The molecule has 2 aliphatic rings. The van der Waals surface area contributed by atoms with Crippen molar-refractivity contribution in [2.24, 2.45) is 10.7 Å². The van der Waals surface area contributed by atoms with Gasteiger partial charge in [0.1, 0.15) is 12.4 Å². The van der Waals surface area contributed by atoms with Crippen LogP contribution in [-0.2, 0) is 9.59 Å². The molecule has 7 nitrogen and oxygen atoms in total. The first-order chi connectivity index (χ1) is 13.8. The van der Waals surface area contributed by atoms with E-state index in [2.05, 4.69) is 26.2 Å². The third-order valence-electron chi connectivity index (χ3n) is 4.27. The van der Waals surface area contributed by atoms with Crippen LogP contribution in [0.3, 0.4) is 0 Å². The van der Waals surface area contributed by atoms with Crippen LogP contribution in [-0.4, -0.2) is 29.4 Å². The number of thioether (sulfide) groups is 1. The number of rotatable bonds is 3. The Hall–Kier alpha value is -2.62. The van der Waals surface area contributed by atoms with Crippen molar-refractivity contribution in [3.63, 3.8) is 0 Å². The number of amidine groups is 1. The molecule has 2 aliphatic heterocycles. The Morgan fingerprint density at radius 1 is 1.21 bits per heavy atom. The smallest absolute Gasteiger partial charge is 0.311 e. The van der Waals surface area contributed by atoms with E-state index in [0.717, 1.165) is 16.2 Å². The number of nitrogens with one attached hydrogen (secondary N) is 1. The molecule has 0 saturated carbocycles. The van der Waals surface area contributed by atoms with Crippen molar-refractivity contribution < 1.29 is 14.4 Å². The number of carbonyl (C=O) groups excluding carboxylic acids is 3. The molecule has 146 valence electrons. The highest BCUT2D eigenvalue weighted by atomic mass is 79.9. The third kappa shape index (κ3) is 3.81. The first-order valence-corrected chi connectivity index (χ1v) is 10.3. The molecule has 0 bridgehead atoms. The van der Waals surface area contributed by atoms with Crippen LogP contribution < -0.4 is 16.0 Å². The molecule has 2 aromatic carbocycles. The van der Waals surface area contributed by atoms with Gasteiger partial charge in [0.2, 0.25) is 5.91 Å². The van der Waals surface area contributed by atoms with Crippen LogP contribution in [0.15, 0.2) is 56.8 Å². The van der Waals surface area contributed by atoms with Gasteiger partial charge in [-0.05, 0) is 54.2 Å². The number of hydrogen-bond donors (Lipinski definition) is 2. The lowest BCUT2D eigenvalue weighted by Gasteiger charge is -2.17. The summed E-state index contributed by atoms with van der Waals surface area (Å²) >= 11 is 10.0. The quantitative estimate of drug-likeness (QED) is 0.631. The largest absolute Gasteiger partial charge is 0.383 e. The maximum Gasteiger partial charge on any atom is 0.311 e. The number of nitrogens with zero attached hydrogens (tertiary/aromatic N) is 2. The molecule has 3 N–H and O–H groups in total. The average molecular weight is 492 g/mol. The number of amides is 3. The fourth-order valence-corrected chi connectivity index (χ4v) is 4.30. The molecule has 0 aliphatic carbocycles. The predicted molar refractivity (Wildman–Crippen MR) is 118 cm³/mol. The summed E-state index contributed by atoms with van der Waals surface area (Å²) in [5.41, 5.74) is 7.81. The van der Waals surface area contributed by atoms with E-state index in [9.17, 15) is 14.4 Å². The Kier molecular flexibility index (Phi) is 5.20. The first kappa shape index (κ1) is 19.7. The van der Waals surface area contributed by atoms with E-state index in [1.165, 1.54) is 4.90 Å². The van der Waals surface area contributed by atoms with Gasteiger partial charge >= 0.3 is 5.24 Å². The minimum Gasteiger partial charge on any atom is -0.383 e. The fourth-order valence-electron chi connectivity index (χ4n) is 3.05. The van der Waals surface area contributed by atoms with Crippen molar-refractivity contribution in [2.75, 3.05) is 16.8 Å². The molecule has 4 rings (SSSR count). The monoisotopic (exact) mass is 490 g/mol. The van der Waals surface area contributed by atoms with Crippen molar-refractivity contribution >= 4 is 79.1 Å². The normalized spacial score (nSPS) is 18.1. The zero-order valence-corrected chi connectivity index (χ0v) is 17.8. The summed E-state index contributed by atoms with van der Waals surface area (Å²) in [6, 6.07) is 11.9. The van der Waals surface area contributed by atoms with Crippen molar-refractivity contribution in [3.8, 4) is 0 Å². The number of nitrogens with two attached hydrogens (primary N) is 1. The molecule has 29 heavy (non-hydrogen) atoms. The summed E-state index contributed by atoms with van der Waals surface area (Å²) < 4.78 is 0.749. The molecule has 2 heterocycles. The highest BCUT2D eigenvalue weighted by Gasteiger charge is 2.38. The van der Waals surface area contributed by atoms with Gasteiger partial charge in [-0.25, -0.2) is 0 Å². The van der Waals surface area contributed by atoms with Crippen LogP contribution >= 0.6 is 39.3 Å². The second-order valence-electron chi connectivity index (χ2n) is 6.18. The zero-order chi connectivity index (χ0) is 20.7. The molecule has 0 unspecified atom stereocenters. The number of carbonyl (C=O) groups is 3. The van der Waals surface area contributed by atoms with E-state index in [1.807, 2.05) is 0 Å². The van der Waals surface area contributed by atoms with E-state index in [4.69, 9.17) is 17.3 Å². The molecule has 0 fully saturated rings. The summed E-state index contributed by atoms with van der Waals surface area (Å²) in [5.74, 6) is -0.793. The van der Waals surface area contributed by atoms with Crippen LogP contribution in [0.1, 0.15) is 5.56 Å². The van der Waals surface area contributed by atoms with Gasteiger partial charge in [-0.2, -0.15) is 4.99 Å². The van der Waals surface area contributed by atoms with Crippen LogP contribution in [0.4, 0.5) is 16.2 Å². The lowest BCUT2D eigenvalue weighted by Crippen LogP contribution is -2.35. The number of benzene rings is 2. The van der Waals surface area contributed by atoms with Gasteiger partial charge in [0, 0.05) is 20.7 Å². The zero-order valence-electron chi connectivity index (χ0n) is 14.6. The molecule has 0 saturated heterocycles. The van der Waals surface area contributed by atoms with Gasteiger partial charge in [0.05, 0.1) is 16.2 Å². The van der Waals surface area contributed by atoms with Crippen molar-refractivity contribution in [1.82, 2.24) is 0 Å². The fraction of sp³-hybridized carbons (Fsp3) is 0.0526. The van der Waals surface area contributed by atoms with Crippen LogP contribution in [0.5, 0.6) is 0 Å². The second-order valence-corrected chi connectivity index (χ2v) is 8.49. The maximum absolute atomic E-state index is 13.2. The highest BCUT2D eigenvalue weighted by Crippen LogP contribution is 2.43. The first-order valence-electron chi connectivity index (χ1n) is 8.31. The molecule has 0 spiro atoms. The van der Waals surface area contributed by atoms with Crippen LogP contribution in [0, 0.1) is 0 Å². The van der Waals surface area contributed by atoms with E-state index in [1.54, 1.807) is 42.5 Å². The van der Waals surface area contributed by atoms with Crippen molar-refractivity contribution in [1.29, 1.82) is 0 Å². The van der Waals surface area contributed by atoms with Gasteiger partial charge in [-0.1, -0.05) is 27.5 Å². The Balaban J connectivity index is 1.67. The van der Waals surface area contributed by atoms with E-state index < -0.39 is 11.1 Å². The molecule has 3 amide bonds. The highest BCUT2D eigenvalue weighted by molar-refractivity contribution is 9.10. The SMILES string of the molecule is NC1=NC(=O)S/C1=C1/C(=O)N(CC(=O)Nc2ccc(Cl)cc2)c2ccc(Br)cc21. The Labute approximate surface area is 183 Å². The number of fused-ring (bicyclic) bond motifs is 1. The van der Waals surface area contributed by atoms with E-state index in [-0.39, 0.29) is 23.9 Å². The van der Waals surface area contributed by atoms with Gasteiger partial charge in [0.25, 0.3) is 5.91 Å². The molecule has 0 aromatic heterocycles. The molecular weight excluding hydrogens is 480 g/mol. The number of halogens is 2. The number of hydrogen-bond acceptors (Lipinski definition) is 5. The summed E-state index contributed by atoms with van der Waals surface area (Å²) in [4.78, 5) is 42.7. The maximum atomic E-state index is 13.2. The van der Waals surface area contributed by atoms with Gasteiger partial charge in [-0.3, -0.25) is 19.3 Å². The average Bonchev–Trinajstić information content (AvgIpc) is 3.12. The molecular formula is C19H12BrClN4O3S. The lowest BCUT2D eigenvalue weighted by atomic mass is 10.1. The molecule has 0 atom stereocenters. The van der Waals surface area contributed by atoms with E-state index >= 15 is 0 Å². The number of aliphatic imine (C=N–C) groups is 1. The minimum atomic E-state index is -0.478. The Morgan fingerprint density at radius 2 is 1.93 bits per heavy atom. The third-order valence-corrected chi connectivity index (χ3v) is 5.90. The Morgan fingerprint density at radius 3 is 2.59 bits per heavy atom. The summed E-state index contributed by atoms with van der Waals surface area (Å²) in [6.45, 7) is -0.206. The molecule has 0 radical (unpaired) electrons. The topological polar surface area (TPSA) is 105 Å². The van der Waals surface area contributed by atoms with Gasteiger partial charge in [0.15, 0.2) is 0 Å². The Bertz CT molecular complexity index is 1130. The summed E-state index contributed by atoms with van der Waals surface area (Å²) in [6.07, 6.45) is 0. The van der Waals surface area contributed by atoms with Crippen molar-refractivity contribution in [3.05, 3.63) is 62.4 Å². The van der Waals surface area contributed by atoms with Crippen LogP contribution in [0.2, 0.25) is 5.02 Å². The molecule has 10 heteroatoms. The predicted octanol–water partition coefficient (Wildman–Crippen LogP) is 4.02. The second kappa shape index (κ2) is 7.66. The van der Waals surface area contributed by atoms with Gasteiger partial charge in [-0.15, -0.1) is 0 Å².